The third-order valence-electron chi connectivity index (χ3n) is 4.01. The highest BCUT2D eigenvalue weighted by Crippen LogP contribution is 2.57. The van der Waals surface area contributed by atoms with Gasteiger partial charge in [-0.2, -0.15) is 0 Å². The standard InChI is InChI=1S/C12H19NO3/c1-7(12(15)16)5-6-13-11(14)10-8-3-2-4-9(8)10/h7-10H,2-6H2,1H3,(H,13,14)(H,15,16). The normalized spacial score (nSPS) is 32.9. The van der Waals surface area contributed by atoms with E-state index in [4.69, 9.17) is 5.11 Å². The molecule has 0 aromatic heterocycles. The monoisotopic (exact) mass is 225 g/mol. The van der Waals surface area contributed by atoms with E-state index in [9.17, 15) is 9.59 Å². The Labute approximate surface area is 95.4 Å². The minimum Gasteiger partial charge on any atom is -0.481 e. The molecule has 2 fully saturated rings. The van der Waals surface area contributed by atoms with E-state index in [1.165, 1.54) is 19.3 Å². The van der Waals surface area contributed by atoms with Crippen LogP contribution in [-0.4, -0.2) is 23.5 Å². The molecular weight excluding hydrogens is 206 g/mol. The van der Waals surface area contributed by atoms with Crippen LogP contribution in [-0.2, 0) is 9.59 Å². The Hall–Kier alpha value is -1.06. The van der Waals surface area contributed by atoms with E-state index >= 15 is 0 Å². The van der Waals surface area contributed by atoms with E-state index in [1.54, 1.807) is 6.92 Å². The Morgan fingerprint density at radius 1 is 1.38 bits per heavy atom. The summed E-state index contributed by atoms with van der Waals surface area (Å²) in [6.07, 6.45) is 4.20. The third-order valence-corrected chi connectivity index (χ3v) is 4.01. The first-order chi connectivity index (χ1) is 7.61. The molecule has 3 unspecified atom stereocenters. The van der Waals surface area contributed by atoms with Crippen molar-refractivity contribution < 1.29 is 14.7 Å². The number of rotatable bonds is 5. The number of hydrogen-bond donors (Lipinski definition) is 2. The van der Waals surface area contributed by atoms with Crippen molar-refractivity contribution in [1.82, 2.24) is 5.32 Å². The van der Waals surface area contributed by atoms with Crippen LogP contribution in [0.5, 0.6) is 0 Å². The van der Waals surface area contributed by atoms with E-state index in [1.807, 2.05) is 0 Å². The van der Waals surface area contributed by atoms with Crippen molar-refractivity contribution in [3.63, 3.8) is 0 Å². The van der Waals surface area contributed by atoms with Crippen molar-refractivity contribution in [3.8, 4) is 0 Å². The molecule has 4 nitrogen and oxygen atoms in total. The van der Waals surface area contributed by atoms with Gasteiger partial charge in [-0.3, -0.25) is 9.59 Å². The van der Waals surface area contributed by atoms with Crippen LogP contribution in [0.1, 0.15) is 32.6 Å². The van der Waals surface area contributed by atoms with Crippen LogP contribution in [0.4, 0.5) is 0 Å². The minimum absolute atomic E-state index is 0.146. The number of aliphatic carboxylic acids is 1. The number of carbonyl (C=O) groups excluding carboxylic acids is 1. The molecule has 0 aromatic rings. The summed E-state index contributed by atoms with van der Waals surface area (Å²) in [7, 11) is 0. The number of nitrogens with one attached hydrogen (secondary N) is 1. The number of carbonyl (C=O) groups is 2. The second-order valence-corrected chi connectivity index (χ2v) is 5.10. The maximum absolute atomic E-state index is 11.7. The molecule has 16 heavy (non-hydrogen) atoms. The molecule has 0 bridgehead atoms. The van der Waals surface area contributed by atoms with Gasteiger partial charge >= 0.3 is 5.97 Å². The lowest BCUT2D eigenvalue weighted by atomic mass is 10.1. The Balaban J connectivity index is 1.64. The largest absolute Gasteiger partial charge is 0.481 e. The van der Waals surface area contributed by atoms with Crippen molar-refractivity contribution >= 4 is 11.9 Å². The Morgan fingerprint density at radius 2 is 2.00 bits per heavy atom. The van der Waals surface area contributed by atoms with Gasteiger partial charge in [0.15, 0.2) is 0 Å². The molecule has 0 aliphatic heterocycles. The van der Waals surface area contributed by atoms with E-state index < -0.39 is 5.97 Å². The number of fused-ring (bicyclic) bond motifs is 1. The molecule has 90 valence electrons. The topological polar surface area (TPSA) is 66.4 Å². The predicted molar refractivity (Wildman–Crippen MR) is 58.7 cm³/mol. The number of carboxylic acid groups (broad SMARTS) is 1. The van der Waals surface area contributed by atoms with E-state index in [0.717, 1.165) is 0 Å². The summed E-state index contributed by atoms with van der Waals surface area (Å²) in [5.74, 6) is 0.492. The second-order valence-electron chi connectivity index (χ2n) is 5.10. The van der Waals surface area contributed by atoms with Crippen molar-refractivity contribution in [2.75, 3.05) is 6.54 Å². The van der Waals surface area contributed by atoms with E-state index in [0.29, 0.717) is 24.8 Å². The quantitative estimate of drug-likeness (QED) is 0.740. The van der Waals surface area contributed by atoms with Crippen molar-refractivity contribution in [3.05, 3.63) is 0 Å². The van der Waals surface area contributed by atoms with Gasteiger partial charge in [0.1, 0.15) is 0 Å². The summed E-state index contributed by atoms with van der Waals surface area (Å²) in [5.41, 5.74) is 0. The van der Waals surface area contributed by atoms with Gasteiger partial charge < -0.3 is 10.4 Å². The average molecular weight is 225 g/mol. The predicted octanol–water partition coefficient (Wildman–Crippen LogP) is 1.26. The van der Waals surface area contributed by atoms with Gasteiger partial charge in [-0.25, -0.2) is 0 Å². The molecule has 3 atom stereocenters. The van der Waals surface area contributed by atoms with Crippen LogP contribution in [0.25, 0.3) is 0 Å². The van der Waals surface area contributed by atoms with Crippen LogP contribution in [0.15, 0.2) is 0 Å². The number of amides is 1. The van der Waals surface area contributed by atoms with Crippen LogP contribution < -0.4 is 5.32 Å². The van der Waals surface area contributed by atoms with Gasteiger partial charge in [-0.1, -0.05) is 13.3 Å². The molecule has 0 heterocycles. The van der Waals surface area contributed by atoms with Crippen LogP contribution in [0.3, 0.4) is 0 Å². The Kier molecular flexibility index (Phi) is 3.17. The summed E-state index contributed by atoms with van der Waals surface area (Å²) in [6.45, 7) is 2.16. The molecule has 0 radical (unpaired) electrons. The molecule has 2 rings (SSSR count). The summed E-state index contributed by atoms with van der Waals surface area (Å²) in [4.78, 5) is 22.3. The van der Waals surface area contributed by atoms with Crippen LogP contribution in [0.2, 0.25) is 0 Å². The SMILES string of the molecule is CC(CCNC(=O)C1C2CCCC21)C(=O)O. The van der Waals surface area contributed by atoms with Gasteiger partial charge in [0.05, 0.1) is 5.92 Å². The first-order valence-electron chi connectivity index (χ1n) is 6.11. The maximum atomic E-state index is 11.7. The first kappa shape index (κ1) is 11.4. The first-order valence-corrected chi connectivity index (χ1v) is 6.11. The highest BCUT2D eigenvalue weighted by molar-refractivity contribution is 5.82. The lowest BCUT2D eigenvalue weighted by Crippen LogP contribution is -2.29. The van der Waals surface area contributed by atoms with E-state index in [-0.39, 0.29) is 17.7 Å². The Bertz CT molecular complexity index is 293. The van der Waals surface area contributed by atoms with Crippen molar-refractivity contribution in [2.45, 2.75) is 32.6 Å². The van der Waals surface area contributed by atoms with Gasteiger partial charge in [-0.15, -0.1) is 0 Å². The Morgan fingerprint density at radius 3 is 2.56 bits per heavy atom. The van der Waals surface area contributed by atoms with Crippen molar-refractivity contribution in [2.24, 2.45) is 23.7 Å². The second kappa shape index (κ2) is 4.44. The van der Waals surface area contributed by atoms with Gasteiger partial charge in [0.2, 0.25) is 5.91 Å². The molecule has 1 amide bonds. The lowest BCUT2D eigenvalue weighted by molar-refractivity contribution is -0.141. The lowest BCUT2D eigenvalue weighted by Gasteiger charge is -2.08. The maximum Gasteiger partial charge on any atom is 0.306 e. The molecule has 2 saturated carbocycles. The number of carboxylic acids is 1. The van der Waals surface area contributed by atoms with Crippen molar-refractivity contribution in [1.29, 1.82) is 0 Å². The zero-order valence-electron chi connectivity index (χ0n) is 9.61. The summed E-state index contributed by atoms with van der Waals surface area (Å²) >= 11 is 0. The molecule has 2 aliphatic carbocycles. The molecule has 0 spiro atoms. The smallest absolute Gasteiger partial charge is 0.306 e. The molecule has 2 N–H and O–H groups in total. The highest BCUT2D eigenvalue weighted by Gasteiger charge is 2.56. The van der Waals surface area contributed by atoms with Crippen LogP contribution in [0, 0.1) is 23.7 Å². The zero-order chi connectivity index (χ0) is 11.7. The fourth-order valence-corrected chi connectivity index (χ4v) is 2.86. The van der Waals surface area contributed by atoms with Gasteiger partial charge in [-0.05, 0) is 31.1 Å². The molecule has 0 saturated heterocycles. The van der Waals surface area contributed by atoms with E-state index in [2.05, 4.69) is 5.32 Å². The summed E-state index contributed by atoms with van der Waals surface area (Å²) < 4.78 is 0. The third kappa shape index (κ3) is 2.20. The minimum atomic E-state index is -0.794. The molecule has 4 heteroatoms. The fraction of sp³-hybridized carbons (Fsp3) is 0.833. The van der Waals surface area contributed by atoms with Gasteiger partial charge in [0.25, 0.3) is 0 Å². The molecule has 0 aromatic carbocycles. The summed E-state index contributed by atoms with van der Waals surface area (Å²) in [6, 6.07) is 0. The van der Waals surface area contributed by atoms with Crippen LogP contribution >= 0.6 is 0 Å². The summed E-state index contributed by atoms with van der Waals surface area (Å²) in [5, 5.41) is 11.5. The molecular formula is C12H19NO3. The zero-order valence-corrected chi connectivity index (χ0v) is 9.61. The molecule has 2 aliphatic rings. The number of hydrogen-bond acceptors (Lipinski definition) is 2. The highest BCUT2D eigenvalue weighted by atomic mass is 16.4. The van der Waals surface area contributed by atoms with Gasteiger partial charge in [0, 0.05) is 12.5 Å². The average Bonchev–Trinajstić information content (AvgIpc) is 2.72. The fourth-order valence-electron chi connectivity index (χ4n) is 2.86.